The molecule has 0 saturated carbocycles. The van der Waals surface area contributed by atoms with Gasteiger partial charge in [-0.25, -0.2) is 9.59 Å². The van der Waals surface area contributed by atoms with Crippen LogP contribution in [0.2, 0.25) is 0 Å². The van der Waals surface area contributed by atoms with E-state index in [-0.39, 0.29) is 12.6 Å². The Morgan fingerprint density at radius 3 is 2.65 bits per heavy atom. The van der Waals surface area contributed by atoms with Gasteiger partial charge in [0.2, 0.25) is 6.79 Å². The highest BCUT2D eigenvalue weighted by atomic mass is 16.7. The lowest BCUT2D eigenvalue weighted by Crippen LogP contribution is -2.50. The summed E-state index contributed by atoms with van der Waals surface area (Å²) in [5, 5.41) is 12.2. The van der Waals surface area contributed by atoms with Gasteiger partial charge in [-0.1, -0.05) is 25.1 Å². The number of benzene rings is 1. The third-order valence-electron chi connectivity index (χ3n) is 6.73. The molecule has 1 fully saturated rings. The molecule has 0 radical (unpaired) electrons. The summed E-state index contributed by atoms with van der Waals surface area (Å²) < 4.78 is 12.6. The minimum Gasteiger partial charge on any atom is -0.427 e. The SMILES string of the molecule is CCC(C)(C)C(=O)OCOC(=O)N[C@@H]1CCCN(c2cc(=O)n(C)c(=O)n2Cc2ccccc2C#N)C1. The molecular weight excluding hydrogens is 478 g/mol. The largest absolute Gasteiger partial charge is 0.427 e. The average molecular weight is 512 g/mol. The molecule has 198 valence electrons. The van der Waals surface area contributed by atoms with Crippen LogP contribution in [0.3, 0.4) is 0 Å². The molecule has 1 amide bonds. The molecule has 11 heteroatoms. The Balaban J connectivity index is 1.73. The standard InChI is InChI=1S/C26H33N5O6/c1-5-26(2,3)23(33)36-17-37-24(34)28-20-11-8-12-30(16-20)21-13-22(32)29(4)25(35)31(21)15-19-10-7-6-9-18(19)14-27/h6-7,9-10,13,20H,5,8,11-12,15-17H2,1-4H3,(H,28,34)/t20-/m1/s1. The molecule has 1 N–H and O–H groups in total. The number of esters is 1. The van der Waals surface area contributed by atoms with E-state index < -0.39 is 35.5 Å². The summed E-state index contributed by atoms with van der Waals surface area (Å²) in [6.45, 7) is 5.91. The highest BCUT2D eigenvalue weighted by Gasteiger charge is 2.28. The smallest absolute Gasteiger partial charge is 0.410 e. The molecule has 1 saturated heterocycles. The zero-order valence-electron chi connectivity index (χ0n) is 21.7. The first-order chi connectivity index (χ1) is 17.6. The molecule has 1 aromatic carbocycles. The van der Waals surface area contributed by atoms with Crippen LogP contribution in [-0.2, 0) is 27.9 Å². The van der Waals surface area contributed by atoms with E-state index >= 15 is 0 Å². The molecule has 2 heterocycles. The summed E-state index contributed by atoms with van der Waals surface area (Å²) in [4.78, 5) is 51.8. The van der Waals surface area contributed by atoms with E-state index in [9.17, 15) is 24.4 Å². The molecule has 37 heavy (non-hydrogen) atoms. The predicted octanol–water partition coefficient (Wildman–Crippen LogP) is 2.10. The molecule has 0 bridgehead atoms. The highest BCUT2D eigenvalue weighted by molar-refractivity contribution is 5.76. The van der Waals surface area contributed by atoms with Crippen LogP contribution in [0.4, 0.5) is 10.6 Å². The van der Waals surface area contributed by atoms with Crippen molar-refractivity contribution in [1.82, 2.24) is 14.5 Å². The third-order valence-corrected chi connectivity index (χ3v) is 6.73. The fraction of sp³-hybridized carbons (Fsp3) is 0.500. The van der Waals surface area contributed by atoms with E-state index in [0.29, 0.717) is 49.3 Å². The molecule has 1 aromatic heterocycles. The van der Waals surface area contributed by atoms with Crippen LogP contribution >= 0.6 is 0 Å². The second-order valence-corrected chi connectivity index (χ2v) is 9.69. The topological polar surface area (TPSA) is 136 Å². The van der Waals surface area contributed by atoms with Crippen LogP contribution in [0.25, 0.3) is 0 Å². The molecule has 0 aliphatic carbocycles. The number of hydrogen-bond donors (Lipinski definition) is 1. The van der Waals surface area contributed by atoms with Crippen molar-refractivity contribution in [1.29, 1.82) is 5.26 Å². The van der Waals surface area contributed by atoms with Gasteiger partial charge in [-0.15, -0.1) is 0 Å². The van der Waals surface area contributed by atoms with Gasteiger partial charge in [-0.3, -0.25) is 18.7 Å². The minimum atomic E-state index is -0.724. The zero-order valence-corrected chi connectivity index (χ0v) is 21.7. The molecule has 1 aliphatic rings. The van der Waals surface area contributed by atoms with Crippen LogP contribution in [0.1, 0.15) is 51.2 Å². The summed E-state index contributed by atoms with van der Waals surface area (Å²) in [6.07, 6.45) is 1.23. The first-order valence-corrected chi connectivity index (χ1v) is 12.2. The van der Waals surface area contributed by atoms with Gasteiger partial charge in [0.1, 0.15) is 5.82 Å². The van der Waals surface area contributed by atoms with E-state index in [0.717, 1.165) is 4.57 Å². The van der Waals surface area contributed by atoms with E-state index in [4.69, 9.17) is 9.47 Å². The van der Waals surface area contributed by atoms with Crippen molar-refractivity contribution in [3.8, 4) is 6.07 Å². The van der Waals surface area contributed by atoms with E-state index in [1.807, 2.05) is 11.8 Å². The number of nitriles is 1. The van der Waals surface area contributed by atoms with E-state index in [1.165, 1.54) is 17.7 Å². The number of amides is 1. The maximum absolute atomic E-state index is 13.1. The number of piperidine rings is 1. The number of nitrogens with one attached hydrogen (secondary N) is 1. The quantitative estimate of drug-likeness (QED) is 0.420. The zero-order chi connectivity index (χ0) is 27.2. The third kappa shape index (κ3) is 6.58. The number of aromatic nitrogens is 2. The number of alkyl carbamates (subject to hydrolysis) is 1. The Kier molecular flexibility index (Phi) is 8.76. The van der Waals surface area contributed by atoms with Crippen LogP contribution < -0.4 is 21.5 Å². The van der Waals surface area contributed by atoms with E-state index in [2.05, 4.69) is 11.4 Å². The highest BCUT2D eigenvalue weighted by Crippen LogP contribution is 2.22. The molecule has 0 spiro atoms. The van der Waals surface area contributed by atoms with Crippen molar-refractivity contribution >= 4 is 17.9 Å². The van der Waals surface area contributed by atoms with Gasteiger partial charge < -0.3 is 19.7 Å². The molecule has 1 atom stereocenters. The van der Waals surface area contributed by atoms with Crippen LogP contribution in [0.5, 0.6) is 0 Å². The summed E-state index contributed by atoms with van der Waals surface area (Å²) in [6, 6.07) is 10.2. The lowest BCUT2D eigenvalue weighted by atomic mass is 9.91. The lowest BCUT2D eigenvalue weighted by molar-refractivity contribution is -0.162. The fourth-order valence-corrected chi connectivity index (χ4v) is 3.99. The fourth-order valence-electron chi connectivity index (χ4n) is 3.99. The second-order valence-electron chi connectivity index (χ2n) is 9.69. The molecular formula is C26H33N5O6. The maximum atomic E-state index is 13.1. The van der Waals surface area contributed by atoms with Gasteiger partial charge in [0, 0.05) is 32.2 Å². The lowest BCUT2D eigenvalue weighted by Gasteiger charge is -2.35. The van der Waals surface area contributed by atoms with Gasteiger partial charge >= 0.3 is 17.8 Å². The van der Waals surface area contributed by atoms with Crippen molar-refractivity contribution < 1.29 is 19.1 Å². The van der Waals surface area contributed by atoms with Crippen LogP contribution in [0.15, 0.2) is 39.9 Å². The van der Waals surface area contributed by atoms with Gasteiger partial charge in [0.15, 0.2) is 0 Å². The number of hydrogen-bond acceptors (Lipinski definition) is 8. The Morgan fingerprint density at radius 2 is 1.95 bits per heavy atom. The number of nitrogens with zero attached hydrogens (tertiary/aromatic N) is 4. The molecule has 11 nitrogen and oxygen atoms in total. The van der Waals surface area contributed by atoms with Gasteiger partial charge in [-0.05, 0) is 44.7 Å². The molecule has 3 rings (SSSR count). The predicted molar refractivity (Wildman–Crippen MR) is 136 cm³/mol. The van der Waals surface area contributed by atoms with Crippen molar-refractivity contribution in [2.75, 3.05) is 24.8 Å². The van der Waals surface area contributed by atoms with Crippen LogP contribution in [0, 0.1) is 16.7 Å². The average Bonchev–Trinajstić information content (AvgIpc) is 2.89. The first-order valence-electron chi connectivity index (χ1n) is 12.2. The van der Waals surface area contributed by atoms with Crippen LogP contribution in [-0.4, -0.2) is 47.1 Å². The van der Waals surface area contributed by atoms with Crippen molar-refractivity contribution in [2.24, 2.45) is 12.5 Å². The normalized spacial score (nSPS) is 15.5. The number of rotatable bonds is 8. The number of carbonyl (C=O) groups is 2. The number of ether oxygens (including phenoxy) is 2. The van der Waals surface area contributed by atoms with E-state index in [1.54, 1.807) is 38.1 Å². The monoisotopic (exact) mass is 511 g/mol. The van der Waals surface area contributed by atoms with Crippen molar-refractivity contribution in [2.45, 2.75) is 52.6 Å². The van der Waals surface area contributed by atoms with Gasteiger partial charge in [0.25, 0.3) is 5.56 Å². The van der Waals surface area contributed by atoms with Gasteiger partial charge in [0.05, 0.1) is 23.6 Å². The molecule has 2 aromatic rings. The second kappa shape index (κ2) is 11.8. The Hall–Kier alpha value is -4.07. The Bertz CT molecular complexity index is 1310. The Morgan fingerprint density at radius 1 is 1.22 bits per heavy atom. The molecule has 1 aliphatic heterocycles. The summed E-state index contributed by atoms with van der Waals surface area (Å²) in [7, 11) is 1.41. The van der Waals surface area contributed by atoms with Crippen molar-refractivity contribution in [3.05, 3.63) is 62.3 Å². The minimum absolute atomic E-state index is 0.113. The maximum Gasteiger partial charge on any atom is 0.410 e. The first kappa shape index (κ1) is 27.5. The Labute approximate surface area is 215 Å². The summed E-state index contributed by atoms with van der Waals surface area (Å²) in [5.74, 6) is -0.0373. The number of anilines is 1. The molecule has 0 unspecified atom stereocenters. The number of carbonyl (C=O) groups excluding carboxylic acids is 2. The summed E-state index contributed by atoms with van der Waals surface area (Å²) >= 11 is 0. The van der Waals surface area contributed by atoms with Crippen molar-refractivity contribution in [3.63, 3.8) is 0 Å². The summed E-state index contributed by atoms with van der Waals surface area (Å²) in [5.41, 5.74) is -0.515. The van der Waals surface area contributed by atoms with Gasteiger partial charge in [-0.2, -0.15) is 5.26 Å².